The summed E-state index contributed by atoms with van der Waals surface area (Å²) in [7, 11) is 3.80. The van der Waals surface area contributed by atoms with E-state index in [1.165, 1.54) is 44.9 Å². The number of nitrogens with zero attached hydrogens (tertiary/aromatic N) is 2. The van der Waals surface area contributed by atoms with Crippen LogP contribution in [0.2, 0.25) is 0 Å². The number of nitrogens with one attached hydrogen (secondary N) is 2. The molecule has 6 heteroatoms. The molecular formula is C27H40N4O2. The van der Waals surface area contributed by atoms with E-state index in [4.69, 9.17) is 0 Å². The van der Waals surface area contributed by atoms with Gasteiger partial charge in [0.05, 0.1) is 5.56 Å². The second-order valence-electron chi connectivity index (χ2n) is 8.80. The highest BCUT2D eigenvalue weighted by atomic mass is 16.2. The van der Waals surface area contributed by atoms with Crippen molar-refractivity contribution < 1.29 is 9.59 Å². The molecule has 1 heterocycles. The van der Waals surface area contributed by atoms with Gasteiger partial charge < -0.3 is 15.5 Å². The minimum absolute atomic E-state index is 0.00253. The third kappa shape index (κ3) is 10.1. The van der Waals surface area contributed by atoms with Crippen molar-refractivity contribution in [2.24, 2.45) is 0 Å². The number of anilines is 2. The molecule has 6 nitrogen and oxygen atoms in total. The molecule has 0 aliphatic carbocycles. The predicted octanol–water partition coefficient (Wildman–Crippen LogP) is 5.94. The number of unbranched alkanes of at least 4 members (excludes halogenated alkanes) is 8. The van der Waals surface area contributed by atoms with Crippen LogP contribution in [0.5, 0.6) is 0 Å². The maximum Gasteiger partial charge on any atom is 0.253 e. The van der Waals surface area contributed by atoms with Gasteiger partial charge in [0.2, 0.25) is 5.91 Å². The molecule has 1 aromatic carbocycles. The highest BCUT2D eigenvalue weighted by Gasteiger charge is 2.15. The van der Waals surface area contributed by atoms with Gasteiger partial charge in [-0.1, -0.05) is 64.4 Å². The Morgan fingerprint density at radius 2 is 1.64 bits per heavy atom. The van der Waals surface area contributed by atoms with Gasteiger partial charge in [-0.2, -0.15) is 0 Å². The first-order chi connectivity index (χ1) is 16.0. The molecule has 0 unspecified atom stereocenters. The van der Waals surface area contributed by atoms with Crippen molar-refractivity contribution >= 4 is 23.2 Å². The largest absolute Gasteiger partial charge is 0.377 e. The molecule has 2 amide bonds. The summed E-state index contributed by atoms with van der Waals surface area (Å²) < 4.78 is 0. The lowest BCUT2D eigenvalue weighted by Crippen LogP contribution is -2.25. The van der Waals surface area contributed by atoms with Gasteiger partial charge in [-0.15, -0.1) is 0 Å². The molecule has 0 bridgehead atoms. The summed E-state index contributed by atoms with van der Waals surface area (Å²) >= 11 is 0. The number of hydrogen-bond donors (Lipinski definition) is 2. The first-order valence-corrected chi connectivity index (χ1v) is 12.3. The molecule has 0 aliphatic heterocycles. The van der Waals surface area contributed by atoms with Gasteiger partial charge in [-0.25, -0.2) is 0 Å². The number of aromatic nitrogens is 1. The molecule has 180 valence electrons. The van der Waals surface area contributed by atoms with Gasteiger partial charge in [0.25, 0.3) is 5.91 Å². The minimum Gasteiger partial charge on any atom is -0.377 e. The zero-order chi connectivity index (χ0) is 23.9. The van der Waals surface area contributed by atoms with E-state index >= 15 is 0 Å². The number of benzene rings is 1. The van der Waals surface area contributed by atoms with Gasteiger partial charge in [-0.3, -0.25) is 14.6 Å². The van der Waals surface area contributed by atoms with E-state index in [1.54, 1.807) is 18.5 Å². The number of hydrogen-bond acceptors (Lipinski definition) is 4. The standard InChI is InChI=1S/C27H40N4O2/c1-4-5-6-7-8-9-10-11-12-15-26(32)30-23-16-17-25(31(2)3)24(19-23)27(33)29-21-22-14-13-18-28-20-22/h13-14,16-20H,4-12,15,21H2,1-3H3,(H,29,33)(H,30,32). The summed E-state index contributed by atoms with van der Waals surface area (Å²) in [6.07, 6.45) is 15.0. The fraction of sp³-hybridized carbons (Fsp3) is 0.519. The number of amides is 2. The third-order valence-electron chi connectivity index (χ3n) is 5.69. The molecule has 0 aliphatic rings. The summed E-state index contributed by atoms with van der Waals surface area (Å²) in [5, 5.41) is 5.90. The van der Waals surface area contributed by atoms with Crippen LogP contribution in [0, 0.1) is 0 Å². The Kier molecular flexibility index (Phi) is 12.0. The quantitative estimate of drug-likeness (QED) is 0.328. The van der Waals surface area contributed by atoms with Crippen LogP contribution in [0.4, 0.5) is 11.4 Å². The van der Waals surface area contributed by atoms with E-state index in [0.29, 0.717) is 24.2 Å². The Balaban J connectivity index is 1.82. The smallest absolute Gasteiger partial charge is 0.253 e. The lowest BCUT2D eigenvalue weighted by molar-refractivity contribution is -0.116. The van der Waals surface area contributed by atoms with Crippen molar-refractivity contribution in [1.82, 2.24) is 10.3 Å². The third-order valence-corrected chi connectivity index (χ3v) is 5.69. The molecule has 2 N–H and O–H groups in total. The van der Waals surface area contributed by atoms with E-state index in [0.717, 1.165) is 24.1 Å². The molecule has 0 atom stereocenters. The number of carbonyl (C=O) groups is 2. The van der Waals surface area contributed by atoms with Crippen molar-refractivity contribution in [3.05, 3.63) is 53.9 Å². The molecule has 0 radical (unpaired) electrons. The van der Waals surface area contributed by atoms with Crippen LogP contribution in [0.15, 0.2) is 42.7 Å². The topological polar surface area (TPSA) is 74.3 Å². The summed E-state index contributed by atoms with van der Waals surface area (Å²) in [5.74, 6) is -0.185. The molecule has 0 fully saturated rings. The highest BCUT2D eigenvalue weighted by molar-refractivity contribution is 6.02. The lowest BCUT2D eigenvalue weighted by atomic mass is 10.1. The van der Waals surface area contributed by atoms with Crippen molar-refractivity contribution in [3.8, 4) is 0 Å². The van der Waals surface area contributed by atoms with Crippen molar-refractivity contribution in [2.75, 3.05) is 24.3 Å². The van der Waals surface area contributed by atoms with Crippen LogP contribution in [0.25, 0.3) is 0 Å². The van der Waals surface area contributed by atoms with Crippen LogP contribution in [-0.2, 0) is 11.3 Å². The summed E-state index contributed by atoms with van der Waals surface area (Å²) in [5.41, 5.74) is 2.91. The molecule has 0 spiro atoms. The average Bonchev–Trinajstić information content (AvgIpc) is 2.82. The maximum absolute atomic E-state index is 12.9. The van der Waals surface area contributed by atoms with Crippen LogP contribution >= 0.6 is 0 Å². The van der Waals surface area contributed by atoms with E-state index in [9.17, 15) is 9.59 Å². The molecule has 0 saturated heterocycles. The predicted molar refractivity (Wildman–Crippen MR) is 137 cm³/mol. The van der Waals surface area contributed by atoms with E-state index in [2.05, 4.69) is 22.5 Å². The molecule has 2 aromatic rings. The summed E-state index contributed by atoms with van der Waals surface area (Å²) in [6.45, 7) is 2.63. The minimum atomic E-state index is -0.183. The van der Waals surface area contributed by atoms with E-state index in [1.807, 2.05) is 43.3 Å². The fourth-order valence-electron chi connectivity index (χ4n) is 3.79. The monoisotopic (exact) mass is 452 g/mol. The zero-order valence-corrected chi connectivity index (χ0v) is 20.5. The zero-order valence-electron chi connectivity index (χ0n) is 20.5. The van der Waals surface area contributed by atoms with Crippen LogP contribution in [0.1, 0.15) is 87.1 Å². The first-order valence-electron chi connectivity index (χ1n) is 12.3. The average molecular weight is 453 g/mol. The number of rotatable bonds is 15. The van der Waals surface area contributed by atoms with Crippen molar-refractivity contribution in [3.63, 3.8) is 0 Å². The van der Waals surface area contributed by atoms with Crippen LogP contribution in [0.3, 0.4) is 0 Å². The SMILES string of the molecule is CCCCCCCCCCCC(=O)Nc1ccc(N(C)C)c(C(=O)NCc2cccnc2)c1. The second-order valence-corrected chi connectivity index (χ2v) is 8.80. The Morgan fingerprint density at radius 1 is 0.939 bits per heavy atom. The Labute approximate surface area is 199 Å². The lowest BCUT2D eigenvalue weighted by Gasteiger charge is -2.18. The van der Waals surface area contributed by atoms with Crippen molar-refractivity contribution in [2.45, 2.75) is 77.7 Å². The Hall–Kier alpha value is -2.89. The van der Waals surface area contributed by atoms with Gasteiger partial charge >= 0.3 is 0 Å². The molecular weight excluding hydrogens is 412 g/mol. The van der Waals surface area contributed by atoms with Crippen molar-refractivity contribution in [1.29, 1.82) is 0 Å². The highest BCUT2D eigenvalue weighted by Crippen LogP contribution is 2.23. The molecule has 33 heavy (non-hydrogen) atoms. The second kappa shape index (κ2) is 15.0. The van der Waals surface area contributed by atoms with Gasteiger partial charge in [-0.05, 0) is 36.2 Å². The fourth-order valence-corrected chi connectivity index (χ4v) is 3.79. The normalized spacial score (nSPS) is 10.6. The first kappa shape index (κ1) is 26.4. The summed E-state index contributed by atoms with van der Waals surface area (Å²) in [6, 6.07) is 9.23. The van der Waals surface area contributed by atoms with Gasteiger partial charge in [0.15, 0.2) is 0 Å². The van der Waals surface area contributed by atoms with Crippen LogP contribution < -0.4 is 15.5 Å². The maximum atomic E-state index is 12.9. The van der Waals surface area contributed by atoms with Gasteiger partial charge in [0, 0.05) is 50.8 Å². The number of pyridine rings is 1. The molecule has 0 saturated carbocycles. The molecule has 2 rings (SSSR count). The number of carbonyl (C=O) groups excluding carboxylic acids is 2. The Bertz CT molecular complexity index is 852. The Morgan fingerprint density at radius 3 is 2.27 bits per heavy atom. The molecule has 1 aromatic heterocycles. The van der Waals surface area contributed by atoms with E-state index < -0.39 is 0 Å². The van der Waals surface area contributed by atoms with E-state index in [-0.39, 0.29) is 11.8 Å². The summed E-state index contributed by atoms with van der Waals surface area (Å²) in [4.78, 5) is 31.2. The van der Waals surface area contributed by atoms with Crippen LogP contribution in [-0.4, -0.2) is 30.9 Å². The van der Waals surface area contributed by atoms with Gasteiger partial charge in [0.1, 0.15) is 0 Å².